The van der Waals surface area contributed by atoms with Gasteiger partial charge in [-0.05, 0) is 18.6 Å². The van der Waals surface area contributed by atoms with Gasteiger partial charge in [0.25, 0.3) is 5.91 Å². The third-order valence-electron chi connectivity index (χ3n) is 4.27. The highest BCUT2D eigenvalue weighted by Crippen LogP contribution is 2.27. The molecule has 1 amide bonds. The van der Waals surface area contributed by atoms with Gasteiger partial charge in [0, 0.05) is 19.3 Å². The van der Waals surface area contributed by atoms with E-state index in [1.54, 1.807) is 29.9 Å². The van der Waals surface area contributed by atoms with Gasteiger partial charge in [-0.3, -0.25) is 4.79 Å². The van der Waals surface area contributed by atoms with Gasteiger partial charge >= 0.3 is 0 Å². The zero-order valence-electron chi connectivity index (χ0n) is 14.8. The SMILES string of the molecule is CNc1cc(Nc2cccnc2OC)nc2c(C(=O)N[C@H]3C[C@@H]3O)cnn12. The molecule has 0 aromatic carbocycles. The molecule has 0 aliphatic heterocycles. The number of carbonyl (C=O) groups is 1. The van der Waals surface area contributed by atoms with Gasteiger partial charge in [-0.15, -0.1) is 0 Å². The van der Waals surface area contributed by atoms with Crippen molar-refractivity contribution in [2.45, 2.75) is 18.6 Å². The summed E-state index contributed by atoms with van der Waals surface area (Å²) in [5.74, 6) is 1.26. The van der Waals surface area contributed by atoms with E-state index in [1.807, 2.05) is 6.07 Å². The van der Waals surface area contributed by atoms with Crippen molar-refractivity contribution >= 4 is 28.9 Å². The summed E-state index contributed by atoms with van der Waals surface area (Å²) in [7, 11) is 3.29. The number of fused-ring (bicyclic) bond motifs is 1. The number of hydrogen-bond donors (Lipinski definition) is 4. The number of methoxy groups -OCH3 is 1. The number of ether oxygens (including phenoxy) is 1. The quantitative estimate of drug-likeness (QED) is 0.502. The second kappa shape index (κ2) is 6.72. The van der Waals surface area contributed by atoms with Crippen LogP contribution in [0.1, 0.15) is 16.8 Å². The first-order valence-corrected chi connectivity index (χ1v) is 8.42. The first kappa shape index (κ1) is 17.0. The molecule has 4 N–H and O–H groups in total. The van der Waals surface area contributed by atoms with Gasteiger partial charge in [-0.2, -0.15) is 9.61 Å². The molecule has 3 aromatic heterocycles. The van der Waals surface area contributed by atoms with Crippen molar-refractivity contribution in [3.8, 4) is 5.88 Å². The molecule has 0 radical (unpaired) electrons. The summed E-state index contributed by atoms with van der Waals surface area (Å²) in [6.45, 7) is 0. The minimum atomic E-state index is -0.480. The zero-order chi connectivity index (χ0) is 19.0. The summed E-state index contributed by atoms with van der Waals surface area (Å²) in [5, 5.41) is 22.6. The third kappa shape index (κ3) is 3.22. The van der Waals surface area contributed by atoms with E-state index in [4.69, 9.17) is 4.74 Å². The van der Waals surface area contributed by atoms with Crippen LogP contribution in [0.3, 0.4) is 0 Å². The van der Waals surface area contributed by atoms with Crippen LogP contribution in [-0.4, -0.2) is 56.9 Å². The largest absolute Gasteiger partial charge is 0.480 e. The molecule has 0 bridgehead atoms. The fraction of sp³-hybridized carbons (Fsp3) is 0.294. The Morgan fingerprint density at radius 3 is 2.96 bits per heavy atom. The Bertz CT molecular complexity index is 1000. The van der Waals surface area contributed by atoms with Crippen molar-refractivity contribution in [2.75, 3.05) is 24.8 Å². The van der Waals surface area contributed by atoms with Crippen LogP contribution in [-0.2, 0) is 0 Å². The number of aliphatic hydroxyl groups is 1. The Morgan fingerprint density at radius 1 is 1.44 bits per heavy atom. The summed E-state index contributed by atoms with van der Waals surface area (Å²) in [6, 6.07) is 5.15. The van der Waals surface area contributed by atoms with Gasteiger partial charge in [0.2, 0.25) is 5.88 Å². The van der Waals surface area contributed by atoms with E-state index in [0.717, 1.165) is 0 Å². The van der Waals surface area contributed by atoms with E-state index < -0.39 is 6.10 Å². The van der Waals surface area contributed by atoms with Gasteiger partial charge in [0.05, 0.1) is 25.5 Å². The molecule has 1 fully saturated rings. The maximum Gasteiger partial charge on any atom is 0.257 e. The Labute approximate surface area is 154 Å². The van der Waals surface area contributed by atoms with E-state index in [-0.39, 0.29) is 11.9 Å². The molecular formula is C17H19N7O3. The highest BCUT2D eigenvalue weighted by molar-refractivity contribution is 6.00. The van der Waals surface area contributed by atoms with Crippen molar-refractivity contribution in [3.63, 3.8) is 0 Å². The van der Waals surface area contributed by atoms with Crippen molar-refractivity contribution < 1.29 is 14.6 Å². The molecule has 140 valence electrons. The summed E-state index contributed by atoms with van der Waals surface area (Å²) in [5.41, 5.74) is 1.36. The first-order chi connectivity index (χ1) is 13.1. The number of aromatic nitrogens is 4. The van der Waals surface area contributed by atoms with Crippen LogP contribution >= 0.6 is 0 Å². The maximum atomic E-state index is 12.5. The molecule has 4 rings (SSSR count). The van der Waals surface area contributed by atoms with Gasteiger partial charge in [0.1, 0.15) is 22.9 Å². The number of nitrogens with one attached hydrogen (secondary N) is 3. The molecule has 0 spiro atoms. The van der Waals surface area contributed by atoms with E-state index in [1.165, 1.54) is 13.3 Å². The topological polar surface area (TPSA) is 126 Å². The normalized spacial score (nSPS) is 18.2. The molecule has 1 saturated carbocycles. The number of nitrogens with zero attached hydrogens (tertiary/aromatic N) is 4. The lowest BCUT2D eigenvalue weighted by Crippen LogP contribution is -2.27. The van der Waals surface area contributed by atoms with Gasteiger partial charge in [-0.25, -0.2) is 9.97 Å². The minimum absolute atomic E-state index is 0.211. The van der Waals surface area contributed by atoms with Gasteiger partial charge in [-0.1, -0.05) is 0 Å². The number of anilines is 3. The lowest BCUT2D eigenvalue weighted by Gasteiger charge is -2.12. The van der Waals surface area contributed by atoms with E-state index in [2.05, 4.69) is 31.0 Å². The van der Waals surface area contributed by atoms with Crippen LogP contribution in [0.2, 0.25) is 0 Å². The molecule has 10 heteroatoms. The number of amides is 1. The van der Waals surface area contributed by atoms with Crippen molar-refractivity contribution in [3.05, 3.63) is 36.2 Å². The molecule has 3 aromatic rings. The average Bonchev–Trinajstić information content (AvgIpc) is 3.19. The number of aliphatic hydroxyl groups excluding tert-OH is 1. The number of rotatable bonds is 6. The van der Waals surface area contributed by atoms with Crippen molar-refractivity contribution in [1.29, 1.82) is 0 Å². The average molecular weight is 369 g/mol. The third-order valence-corrected chi connectivity index (χ3v) is 4.27. The molecule has 1 aliphatic rings. The molecule has 1 aliphatic carbocycles. The molecule has 27 heavy (non-hydrogen) atoms. The fourth-order valence-electron chi connectivity index (χ4n) is 2.73. The lowest BCUT2D eigenvalue weighted by molar-refractivity contribution is 0.0944. The summed E-state index contributed by atoms with van der Waals surface area (Å²) in [6.07, 6.45) is 3.17. The van der Waals surface area contributed by atoms with Crippen LogP contribution in [0.5, 0.6) is 5.88 Å². The van der Waals surface area contributed by atoms with E-state index in [9.17, 15) is 9.90 Å². The van der Waals surface area contributed by atoms with Crippen molar-refractivity contribution in [1.82, 2.24) is 24.9 Å². The summed E-state index contributed by atoms with van der Waals surface area (Å²) < 4.78 is 6.79. The Balaban J connectivity index is 1.71. The van der Waals surface area contributed by atoms with Crippen LogP contribution in [0.15, 0.2) is 30.6 Å². The monoisotopic (exact) mass is 369 g/mol. The van der Waals surface area contributed by atoms with Gasteiger partial charge < -0.3 is 25.8 Å². The molecule has 2 atom stereocenters. The standard InChI is InChI=1S/C17H19N7O3/c1-18-14-7-13(21-10-4-3-5-19-17(10)27-2)23-15-9(8-20-24(14)15)16(26)22-11-6-12(11)25/h3-5,7-8,11-12,18,25H,6H2,1-2H3,(H,21,23)(H,22,26)/t11-,12-/m0/s1. The molecule has 3 heterocycles. The van der Waals surface area contributed by atoms with E-state index in [0.29, 0.717) is 40.8 Å². The Kier molecular flexibility index (Phi) is 4.24. The predicted octanol–water partition coefficient (Wildman–Crippen LogP) is 0.781. The van der Waals surface area contributed by atoms with E-state index >= 15 is 0 Å². The zero-order valence-corrected chi connectivity index (χ0v) is 14.8. The highest BCUT2D eigenvalue weighted by atomic mass is 16.5. The van der Waals surface area contributed by atoms with Crippen LogP contribution in [0.4, 0.5) is 17.3 Å². The summed E-state index contributed by atoms with van der Waals surface area (Å²) in [4.78, 5) is 21.2. The first-order valence-electron chi connectivity index (χ1n) is 8.42. The maximum absolute atomic E-state index is 12.5. The molecule has 0 saturated heterocycles. The number of carbonyl (C=O) groups excluding carboxylic acids is 1. The smallest absolute Gasteiger partial charge is 0.257 e. The second-order valence-corrected chi connectivity index (χ2v) is 6.14. The second-order valence-electron chi connectivity index (χ2n) is 6.14. The van der Waals surface area contributed by atoms with Crippen LogP contribution in [0, 0.1) is 0 Å². The molecule has 10 nitrogen and oxygen atoms in total. The van der Waals surface area contributed by atoms with Crippen molar-refractivity contribution in [2.24, 2.45) is 0 Å². The Hall–Kier alpha value is -3.40. The highest BCUT2D eigenvalue weighted by Gasteiger charge is 2.37. The number of hydrogen-bond acceptors (Lipinski definition) is 8. The Morgan fingerprint density at radius 2 is 2.26 bits per heavy atom. The summed E-state index contributed by atoms with van der Waals surface area (Å²) >= 11 is 0. The minimum Gasteiger partial charge on any atom is -0.480 e. The van der Waals surface area contributed by atoms with Crippen LogP contribution < -0.4 is 20.7 Å². The number of pyridine rings is 1. The predicted molar refractivity (Wildman–Crippen MR) is 98.5 cm³/mol. The van der Waals surface area contributed by atoms with Gasteiger partial charge in [0.15, 0.2) is 5.65 Å². The molecular weight excluding hydrogens is 350 g/mol. The lowest BCUT2D eigenvalue weighted by atomic mass is 10.3. The fourth-order valence-corrected chi connectivity index (χ4v) is 2.73. The molecule has 0 unspecified atom stereocenters. The van der Waals surface area contributed by atoms with Crippen LogP contribution in [0.25, 0.3) is 5.65 Å².